The minimum Gasteiger partial charge on any atom is -0.352 e. The zero-order valence-corrected chi connectivity index (χ0v) is 12.9. The van der Waals surface area contributed by atoms with Crippen molar-refractivity contribution >= 4 is 25.6 Å². The van der Waals surface area contributed by atoms with Crippen LogP contribution < -0.4 is 5.32 Å². The lowest BCUT2D eigenvalue weighted by molar-refractivity contribution is 0.0952. The van der Waals surface area contributed by atoms with Gasteiger partial charge >= 0.3 is 0 Å². The number of nitrogens with one attached hydrogen (secondary N) is 1. The number of amides is 1. The molecule has 20 heavy (non-hydrogen) atoms. The Morgan fingerprint density at radius 1 is 1.40 bits per heavy atom. The molecule has 110 valence electrons. The molecular formula is C14H18ClNO3S. The van der Waals surface area contributed by atoms with Crippen LogP contribution in [0.4, 0.5) is 0 Å². The van der Waals surface area contributed by atoms with Crippen molar-refractivity contribution < 1.29 is 13.2 Å². The molecule has 1 aliphatic rings. The maximum Gasteiger partial charge on any atom is 0.261 e. The fourth-order valence-electron chi connectivity index (χ4n) is 2.09. The summed E-state index contributed by atoms with van der Waals surface area (Å²) in [4.78, 5) is 12.0. The molecule has 0 atom stereocenters. The van der Waals surface area contributed by atoms with Gasteiger partial charge < -0.3 is 5.32 Å². The van der Waals surface area contributed by atoms with Crippen LogP contribution in [0.25, 0.3) is 0 Å². The first kappa shape index (κ1) is 15.3. The highest BCUT2D eigenvalue weighted by molar-refractivity contribution is 8.13. The van der Waals surface area contributed by atoms with E-state index < -0.39 is 9.05 Å². The molecular weight excluding hydrogens is 298 g/mol. The van der Waals surface area contributed by atoms with Crippen molar-refractivity contribution in [1.82, 2.24) is 5.32 Å². The lowest BCUT2D eigenvalue weighted by Crippen LogP contribution is -2.25. The fraction of sp³-hybridized carbons (Fsp3) is 0.500. The first-order chi connectivity index (χ1) is 9.38. The number of hydrogen-bond acceptors (Lipinski definition) is 3. The monoisotopic (exact) mass is 315 g/mol. The second kappa shape index (κ2) is 6.14. The van der Waals surface area contributed by atoms with Crippen molar-refractivity contribution in [3.63, 3.8) is 0 Å². The van der Waals surface area contributed by atoms with Crippen LogP contribution in [0.1, 0.15) is 41.6 Å². The van der Waals surface area contributed by atoms with Crippen molar-refractivity contribution in [2.75, 3.05) is 6.54 Å². The first-order valence-corrected chi connectivity index (χ1v) is 9.02. The average Bonchev–Trinajstić information content (AvgIpc) is 3.17. The largest absolute Gasteiger partial charge is 0.352 e. The van der Waals surface area contributed by atoms with E-state index in [0.29, 0.717) is 12.1 Å². The molecule has 2 rings (SSSR count). The van der Waals surface area contributed by atoms with Gasteiger partial charge in [-0.15, -0.1) is 0 Å². The van der Waals surface area contributed by atoms with Crippen LogP contribution in [-0.4, -0.2) is 20.9 Å². The predicted octanol–water partition coefficient (Wildman–Crippen LogP) is 2.84. The Morgan fingerprint density at radius 2 is 2.10 bits per heavy atom. The molecule has 1 fully saturated rings. The molecule has 0 unspecified atom stereocenters. The van der Waals surface area contributed by atoms with Gasteiger partial charge in [0.05, 0.1) is 4.90 Å². The summed E-state index contributed by atoms with van der Waals surface area (Å²) < 4.78 is 22.6. The normalized spacial score (nSPS) is 15.1. The van der Waals surface area contributed by atoms with E-state index >= 15 is 0 Å². The molecule has 0 spiro atoms. The second-order valence-electron chi connectivity index (χ2n) is 5.26. The van der Waals surface area contributed by atoms with Gasteiger partial charge in [-0.1, -0.05) is 18.9 Å². The first-order valence-electron chi connectivity index (χ1n) is 6.71. The Balaban J connectivity index is 2.00. The third-order valence-corrected chi connectivity index (χ3v) is 4.86. The lowest BCUT2D eigenvalue weighted by atomic mass is 10.1. The number of aryl methyl sites for hydroxylation is 1. The van der Waals surface area contributed by atoms with Gasteiger partial charge in [-0.05, 0) is 43.4 Å². The summed E-state index contributed by atoms with van der Waals surface area (Å²) >= 11 is 0. The second-order valence-corrected chi connectivity index (χ2v) is 7.82. The molecule has 1 amide bonds. The van der Waals surface area contributed by atoms with E-state index in [0.717, 1.165) is 24.3 Å². The maximum atomic E-state index is 12.1. The molecule has 0 saturated heterocycles. The molecule has 0 heterocycles. The number of carbonyl (C=O) groups is 1. The minimum atomic E-state index is -3.81. The van der Waals surface area contributed by atoms with Gasteiger partial charge in [0, 0.05) is 22.8 Å². The molecule has 0 aliphatic heterocycles. The maximum absolute atomic E-state index is 12.1. The van der Waals surface area contributed by atoms with Crippen LogP contribution in [0.15, 0.2) is 23.1 Å². The number of benzene rings is 1. The van der Waals surface area contributed by atoms with E-state index in [-0.39, 0.29) is 10.8 Å². The Hall–Kier alpha value is -1.07. The molecule has 0 bridgehead atoms. The SMILES string of the molecule is Cc1ccc(S(=O)(=O)Cl)cc1C(=O)NCCCC1CC1. The van der Waals surface area contributed by atoms with Gasteiger partial charge in [0.25, 0.3) is 15.0 Å². The molecule has 0 aromatic heterocycles. The summed E-state index contributed by atoms with van der Waals surface area (Å²) in [6, 6.07) is 4.32. The average molecular weight is 316 g/mol. The summed E-state index contributed by atoms with van der Waals surface area (Å²) in [5, 5.41) is 2.82. The quantitative estimate of drug-likeness (QED) is 0.648. The van der Waals surface area contributed by atoms with Crippen LogP contribution in [0.3, 0.4) is 0 Å². The number of hydrogen-bond donors (Lipinski definition) is 1. The van der Waals surface area contributed by atoms with Gasteiger partial charge in [-0.3, -0.25) is 4.79 Å². The van der Waals surface area contributed by atoms with Crippen molar-refractivity contribution in [3.8, 4) is 0 Å². The molecule has 4 nitrogen and oxygen atoms in total. The van der Waals surface area contributed by atoms with Crippen molar-refractivity contribution in [1.29, 1.82) is 0 Å². The smallest absolute Gasteiger partial charge is 0.261 e. The third-order valence-electron chi connectivity index (χ3n) is 3.51. The van der Waals surface area contributed by atoms with E-state index in [4.69, 9.17) is 10.7 Å². The fourth-order valence-corrected chi connectivity index (χ4v) is 2.87. The highest BCUT2D eigenvalue weighted by atomic mass is 35.7. The summed E-state index contributed by atoms with van der Waals surface area (Å²) in [6.07, 6.45) is 4.73. The molecule has 1 N–H and O–H groups in total. The van der Waals surface area contributed by atoms with Gasteiger partial charge in [0.15, 0.2) is 0 Å². The van der Waals surface area contributed by atoms with Crippen LogP contribution in [0, 0.1) is 12.8 Å². The van der Waals surface area contributed by atoms with Gasteiger partial charge in [-0.2, -0.15) is 0 Å². The molecule has 1 aromatic carbocycles. The Kier molecular flexibility index (Phi) is 4.70. The Morgan fingerprint density at radius 3 is 2.70 bits per heavy atom. The number of rotatable bonds is 6. The lowest BCUT2D eigenvalue weighted by Gasteiger charge is -2.08. The Labute approximate surface area is 123 Å². The van der Waals surface area contributed by atoms with Crippen LogP contribution >= 0.6 is 10.7 Å². The molecule has 6 heteroatoms. The predicted molar refractivity (Wildman–Crippen MR) is 78.5 cm³/mol. The van der Waals surface area contributed by atoms with Crippen molar-refractivity contribution in [2.45, 2.75) is 37.5 Å². The highest BCUT2D eigenvalue weighted by Crippen LogP contribution is 2.33. The summed E-state index contributed by atoms with van der Waals surface area (Å²) in [5.74, 6) is 0.596. The van der Waals surface area contributed by atoms with Crippen LogP contribution in [-0.2, 0) is 9.05 Å². The number of halogens is 1. The third kappa shape index (κ3) is 4.21. The van der Waals surface area contributed by atoms with Gasteiger partial charge in [-0.25, -0.2) is 8.42 Å². The summed E-state index contributed by atoms with van der Waals surface area (Å²) in [5.41, 5.74) is 1.09. The number of carbonyl (C=O) groups excluding carboxylic acids is 1. The van der Waals surface area contributed by atoms with E-state index in [1.165, 1.54) is 25.0 Å². The highest BCUT2D eigenvalue weighted by Gasteiger charge is 2.20. The Bertz CT molecular complexity index is 609. The van der Waals surface area contributed by atoms with Crippen LogP contribution in [0.2, 0.25) is 0 Å². The van der Waals surface area contributed by atoms with Crippen molar-refractivity contribution in [2.24, 2.45) is 5.92 Å². The minimum absolute atomic E-state index is 0.0482. The topological polar surface area (TPSA) is 63.2 Å². The van der Waals surface area contributed by atoms with Gasteiger partial charge in [0.2, 0.25) is 0 Å². The molecule has 1 aromatic rings. The summed E-state index contributed by atoms with van der Waals surface area (Å²) in [7, 11) is 1.49. The zero-order chi connectivity index (χ0) is 14.8. The molecule has 1 saturated carbocycles. The molecule has 1 aliphatic carbocycles. The van der Waals surface area contributed by atoms with E-state index in [9.17, 15) is 13.2 Å². The van der Waals surface area contributed by atoms with E-state index in [1.807, 2.05) is 0 Å². The molecule has 0 radical (unpaired) electrons. The zero-order valence-electron chi connectivity index (χ0n) is 11.4. The standard InChI is InChI=1S/C14H18ClNO3S/c1-10-4-7-12(20(15,18)19)9-13(10)14(17)16-8-2-3-11-5-6-11/h4,7,9,11H,2-3,5-6,8H2,1H3,(H,16,17). The van der Waals surface area contributed by atoms with E-state index in [2.05, 4.69) is 5.32 Å². The van der Waals surface area contributed by atoms with E-state index in [1.54, 1.807) is 13.0 Å². The van der Waals surface area contributed by atoms with Crippen LogP contribution in [0.5, 0.6) is 0 Å². The van der Waals surface area contributed by atoms with Gasteiger partial charge in [0.1, 0.15) is 0 Å². The summed E-state index contributed by atoms with van der Waals surface area (Å²) in [6.45, 7) is 2.39. The van der Waals surface area contributed by atoms with Crippen molar-refractivity contribution in [3.05, 3.63) is 29.3 Å².